The first-order valence-corrected chi connectivity index (χ1v) is 7.91. The number of hydrogen-bond acceptors (Lipinski definition) is 3. The maximum Gasteiger partial charge on any atom is 0.312 e. The Labute approximate surface area is 132 Å². The lowest BCUT2D eigenvalue weighted by molar-refractivity contribution is -0.158. The normalized spacial score (nSPS) is 32.8. The molecule has 1 fully saturated rings. The van der Waals surface area contributed by atoms with E-state index in [9.17, 15) is 4.79 Å². The molecule has 2 aliphatic rings. The average Bonchev–Trinajstić information content (AvgIpc) is 2.53. The van der Waals surface area contributed by atoms with Gasteiger partial charge >= 0.3 is 5.97 Å². The molecule has 0 bridgehead atoms. The SMILES string of the molecule is COC(=O)[C@@]1(C)CCC[C@@]2(C)c3cc(OC)ccc3C=C[C@H]21. The van der Waals surface area contributed by atoms with E-state index in [1.165, 1.54) is 18.2 Å². The lowest BCUT2D eigenvalue weighted by atomic mass is 9.51. The van der Waals surface area contributed by atoms with Gasteiger partial charge in [-0.15, -0.1) is 0 Å². The number of fused-ring (bicyclic) bond motifs is 3. The van der Waals surface area contributed by atoms with Gasteiger partial charge in [0, 0.05) is 11.3 Å². The molecule has 1 saturated carbocycles. The Kier molecular flexibility index (Phi) is 3.54. The molecular formula is C19H24O3. The fourth-order valence-corrected chi connectivity index (χ4v) is 4.53. The molecule has 118 valence electrons. The second-order valence-electron chi connectivity index (χ2n) is 6.97. The number of benzene rings is 1. The van der Waals surface area contributed by atoms with Crippen LogP contribution in [0.5, 0.6) is 5.75 Å². The van der Waals surface area contributed by atoms with Crippen LogP contribution in [0.2, 0.25) is 0 Å². The molecule has 22 heavy (non-hydrogen) atoms. The van der Waals surface area contributed by atoms with E-state index in [1.54, 1.807) is 7.11 Å². The van der Waals surface area contributed by atoms with Gasteiger partial charge in [-0.3, -0.25) is 4.79 Å². The Bertz CT molecular complexity index is 634. The molecule has 3 heteroatoms. The summed E-state index contributed by atoms with van der Waals surface area (Å²) >= 11 is 0. The minimum absolute atomic E-state index is 0.0557. The summed E-state index contributed by atoms with van der Waals surface area (Å²) in [6.07, 6.45) is 7.35. The number of carbonyl (C=O) groups is 1. The second-order valence-corrected chi connectivity index (χ2v) is 6.97. The van der Waals surface area contributed by atoms with E-state index in [0.29, 0.717) is 0 Å². The smallest absolute Gasteiger partial charge is 0.312 e. The standard InChI is InChI=1S/C19H24O3/c1-18-10-5-11-19(2,17(20)22-4)16(18)9-7-13-6-8-14(21-3)12-15(13)18/h6-9,12,16H,5,10-11H2,1-4H3/t16-,18+,19+/m1/s1. The molecule has 0 heterocycles. The van der Waals surface area contributed by atoms with Gasteiger partial charge in [-0.1, -0.05) is 31.6 Å². The number of methoxy groups -OCH3 is 2. The molecule has 0 radical (unpaired) electrons. The van der Waals surface area contributed by atoms with Crippen molar-refractivity contribution >= 4 is 12.0 Å². The quantitative estimate of drug-likeness (QED) is 0.776. The van der Waals surface area contributed by atoms with Crippen LogP contribution in [0.3, 0.4) is 0 Å². The van der Waals surface area contributed by atoms with Gasteiger partial charge in [0.05, 0.1) is 19.6 Å². The molecule has 0 saturated heterocycles. The van der Waals surface area contributed by atoms with Crippen LogP contribution in [-0.2, 0) is 14.9 Å². The van der Waals surface area contributed by atoms with Crippen LogP contribution in [0.4, 0.5) is 0 Å². The Balaban J connectivity index is 2.13. The van der Waals surface area contributed by atoms with Gasteiger partial charge in [-0.25, -0.2) is 0 Å². The highest BCUT2D eigenvalue weighted by Crippen LogP contribution is 2.56. The van der Waals surface area contributed by atoms with Gasteiger partial charge in [-0.05, 0) is 43.0 Å². The van der Waals surface area contributed by atoms with E-state index in [-0.39, 0.29) is 17.3 Å². The van der Waals surface area contributed by atoms with Crippen molar-refractivity contribution in [2.24, 2.45) is 11.3 Å². The van der Waals surface area contributed by atoms with E-state index < -0.39 is 5.41 Å². The number of hydrogen-bond donors (Lipinski definition) is 0. The predicted octanol–water partition coefficient (Wildman–Crippen LogP) is 3.96. The van der Waals surface area contributed by atoms with Gasteiger partial charge in [0.15, 0.2) is 0 Å². The Morgan fingerprint density at radius 1 is 1.23 bits per heavy atom. The van der Waals surface area contributed by atoms with Crippen molar-refractivity contribution in [3.63, 3.8) is 0 Å². The fourth-order valence-electron chi connectivity index (χ4n) is 4.53. The summed E-state index contributed by atoms with van der Waals surface area (Å²) < 4.78 is 10.5. The van der Waals surface area contributed by atoms with Gasteiger partial charge in [0.2, 0.25) is 0 Å². The lowest BCUT2D eigenvalue weighted by Gasteiger charge is -2.51. The highest BCUT2D eigenvalue weighted by Gasteiger charge is 2.54. The molecule has 0 aromatic heterocycles. The van der Waals surface area contributed by atoms with E-state index in [2.05, 4.69) is 38.1 Å². The van der Waals surface area contributed by atoms with Crippen molar-refractivity contribution in [2.45, 2.75) is 38.5 Å². The van der Waals surface area contributed by atoms with Crippen molar-refractivity contribution in [2.75, 3.05) is 14.2 Å². The molecule has 0 N–H and O–H groups in total. The molecular weight excluding hydrogens is 276 g/mol. The third-order valence-corrected chi connectivity index (χ3v) is 5.76. The van der Waals surface area contributed by atoms with Crippen molar-refractivity contribution in [3.8, 4) is 5.75 Å². The second kappa shape index (κ2) is 5.15. The molecule has 0 unspecified atom stereocenters. The van der Waals surface area contributed by atoms with Crippen LogP contribution in [-0.4, -0.2) is 20.2 Å². The molecule has 2 aliphatic carbocycles. The third kappa shape index (κ3) is 1.98. The monoisotopic (exact) mass is 300 g/mol. The van der Waals surface area contributed by atoms with E-state index in [0.717, 1.165) is 25.0 Å². The Hall–Kier alpha value is -1.77. The summed E-state index contributed by atoms with van der Waals surface area (Å²) in [5, 5.41) is 0. The van der Waals surface area contributed by atoms with Crippen molar-refractivity contribution in [1.82, 2.24) is 0 Å². The topological polar surface area (TPSA) is 35.5 Å². The molecule has 1 aromatic carbocycles. The van der Waals surface area contributed by atoms with E-state index in [4.69, 9.17) is 9.47 Å². The summed E-state index contributed by atoms with van der Waals surface area (Å²) in [6.45, 7) is 4.33. The zero-order valence-corrected chi connectivity index (χ0v) is 13.8. The molecule has 0 spiro atoms. The first-order chi connectivity index (χ1) is 10.5. The molecule has 3 atom stereocenters. The van der Waals surface area contributed by atoms with Gasteiger partial charge in [0.1, 0.15) is 5.75 Å². The first-order valence-electron chi connectivity index (χ1n) is 7.91. The molecule has 0 amide bonds. The average molecular weight is 300 g/mol. The van der Waals surface area contributed by atoms with Crippen LogP contribution in [0, 0.1) is 11.3 Å². The zero-order valence-electron chi connectivity index (χ0n) is 13.8. The third-order valence-electron chi connectivity index (χ3n) is 5.76. The molecule has 3 nitrogen and oxygen atoms in total. The Morgan fingerprint density at radius 2 is 2.00 bits per heavy atom. The molecule has 3 rings (SSSR count). The van der Waals surface area contributed by atoms with E-state index in [1.807, 2.05) is 6.07 Å². The zero-order chi connectivity index (χ0) is 16.0. The first kappa shape index (κ1) is 15.1. The maximum absolute atomic E-state index is 12.4. The van der Waals surface area contributed by atoms with Crippen LogP contribution in [0.1, 0.15) is 44.2 Å². The summed E-state index contributed by atoms with van der Waals surface area (Å²) in [7, 11) is 3.18. The molecule has 0 aliphatic heterocycles. The number of rotatable bonds is 2. The number of allylic oxidation sites excluding steroid dienone is 1. The largest absolute Gasteiger partial charge is 0.497 e. The van der Waals surface area contributed by atoms with Crippen LogP contribution in [0.25, 0.3) is 6.08 Å². The van der Waals surface area contributed by atoms with Crippen LogP contribution < -0.4 is 4.74 Å². The summed E-state index contributed by atoms with van der Waals surface area (Å²) in [5.41, 5.74) is 2.00. The summed E-state index contributed by atoms with van der Waals surface area (Å²) in [6, 6.07) is 6.24. The minimum Gasteiger partial charge on any atom is -0.497 e. The lowest BCUT2D eigenvalue weighted by Crippen LogP contribution is -2.50. The van der Waals surface area contributed by atoms with Crippen molar-refractivity contribution in [1.29, 1.82) is 0 Å². The number of esters is 1. The highest BCUT2D eigenvalue weighted by atomic mass is 16.5. The van der Waals surface area contributed by atoms with Crippen molar-refractivity contribution < 1.29 is 14.3 Å². The number of carbonyl (C=O) groups excluding carboxylic acids is 1. The van der Waals surface area contributed by atoms with E-state index >= 15 is 0 Å². The summed E-state index contributed by atoms with van der Waals surface area (Å²) in [4.78, 5) is 12.4. The van der Waals surface area contributed by atoms with Gasteiger partial charge < -0.3 is 9.47 Å². The van der Waals surface area contributed by atoms with Crippen LogP contribution >= 0.6 is 0 Å². The fraction of sp³-hybridized carbons (Fsp3) is 0.526. The number of ether oxygens (including phenoxy) is 2. The van der Waals surface area contributed by atoms with Gasteiger partial charge in [0.25, 0.3) is 0 Å². The van der Waals surface area contributed by atoms with Crippen molar-refractivity contribution in [3.05, 3.63) is 35.4 Å². The summed E-state index contributed by atoms with van der Waals surface area (Å²) in [5.74, 6) is 0.930. The van der Waals surface area contributed by atoms with Gasteiger partial charge in [-0.2, -0.15) is 0 Å². The van der Waals surface area contributed by atoms with Crippen LogP contribution in [0.15, 0.2) is 24.3 Å². The minimum atomic E-state index is -0.459. The predicted molar refractivity (Wildman–Crippen MR) is 86.8 cm³/mol. The Morgan fingerprint density at radius 3 is 2.68 bits per heavy atom. The maximum atomic E-state index is 12.4. The molecule has 1 aromatic rings. The highest BCUT2D eigenvalue weighted by molar-refractivity contribution is 5.79.